The smallest absolute Gasteiger partial charge is 0.329 e. The van der Waals surface area contributed by atoms with Gasteiger partial charge in [-0.25, -0.2) is 5.43 Å². The van der Waals surface area contributed by atoms with Gasteiger partial charge in [0.15, 0.2) is 0 Å². The van der Waals surface area contributed by atoms with Crippen molar-refractivity contribution in [1.82, 2.24) is 5.43 Å². The summed E-state index contributed by atoms with van der Waals surface area (Å²) in [4.78, 5) is 23.5. The summed E-state index contributed by atoms with van der Waals surface area (Å²) in [5.41, 5.74) is 3.34. The second kappa shape index (κ2) is 8.26. The van der Waals surface area contributed by atoms with Crippen LogP contribution < -0.4 is 15.5 Å². The summed E-state index contributed by atoms with van der Waals surface area (Å²) in [6.07, 6.45) is 1.42. The van der Waals surface area contributed by atoms with Gasteiger partial charge in [0.2, 0.25) is 0 Å². The van der Waals surface area contributed by atoms with Gasteiger partial charge >= 0.3 is 11.8 Å². The van der Waals surface area contributed by atoms with Crippen LogP contribution >= 0.6 is 11.6 Å². The van der Waals surface area contributed by atoms with Crippen LogP contribution in [0.25, 0.3) is 0 Å². The van der Waals surface area contributed by atoms with E-state index in [9.17, 15) is 9.59 Å². The van der Waals surface area contributed by atoms with Gasteiger partial charge in [-0.2, -0.15) is 5.10 Å². The lowest BCUT2D eigenvalue weighted by Gasteiger charge is -2.09. The first-order chi connectivity index (χ1) is 10.0. The molecule has 1 aromatic carbocycles. The van der Waals surface area contributed by atoms with Crippen LogP contribution in [0.1, 0.15) is 26.7 Å². The van der Waals surface area contributed by atoms with Crippen molar-refractivity contribution in [3.05, 3.63) is 23.2 Å². The fourth-order valence-corrected chi connectivity index (χ4v) is 1.72. The number of anilines is 1. The summed E-state index contributed by atoms with van der Waals surface area (Å²) in [6.45, 7) is 3.84. The highest BCUT2D eigenvalue weighted by atomic mass is 35.5. The molecule has 0 spiro atoms. The van der Waals surface area contributed by atoms with Gasteiger partial charge in [0.1, 0.15) is 5.75 Å². The lowest BCUT2D eigenvalue weighted by atomic mass is 10.2. The van der Waals surface area contributed by atoms with Crippen molar-refractivity contribution in [1.29, 1.82) is 0 Å². The van der Waals surface area contributed by atoms with Gasteiger partial charge in [-0.15, -0.1) is 0 Å². The van der Waals surface area contributed by atoms with E-state index in [1.165, 1.54) is 13.2 Å². The molecule has 0 aliphatic carbocycles. The Morgan fingerprint density at radius 1 is 1.24 bits per heavy atom. The van der Waals surface area contributed by atoms with E-state index < -0.39 is 11.8 Å². The summed E-state index contributed by atoms with van der Waals surface area (Å²) in [6, 6.07) is 4.72. The minimum absolute atomic E-state index is 0.320. The number of hydrazone groups is 1. The molecule has 1 aromatic rings. The number of nitrogens with zero attached hydrogens (tertiary/aromatic N) is 1. The van der Waals surface area contributed by atoms with Crippen molar-refractivity contribution in [3.8, 4) is 5.75 Å². The van der Waals surface area contributed by atoms with E-state index >= 15 is 0 Å². The molecule has 0 saturated carbocycles. The number of ether oxygens (including phenoxy) is 1. The molecule has 0 bridgehead atoms. The molecule has 7 heteroatoms. The summed E-state index contributed by atoms with van der Waals surface area (Å²) in [5.74, 6) is -1.28. The van der Waals surface area contributed by atoms with Gasteiger partial charge in [0.05, 0.1) is 12.8 Å². The highest BCUT2D eigenvalue weighted by Gasteiger charge is 2.15. The van der Waals surface area contributed by atoms with Crippen LogP contribution in [0, 0.1) is 0 Å². The molecule has 0 unspecified atom stereocenters. The highest BCUT2D eigenvalue weighted by molar-refractivity contribution is 6.40. The minimum atomic E-state index is -0.851. The number of carbonyl (C=O) groups excluding carboxylic acids is 2. The van der Waals surface area contributed by atoms with Crippen LogP contribution in [-0.2, 0) is 9.59 Å². The molecule has 0 heterocycles. The minimum Gasteiger partial charge on any atom is -0.495 e. The van der Waals surface area contributed by atoms with E-state index in [0.717, 1.165) is 5.71 Å². The van der Waals surface area contributed by atoms with Crippen LogP contribution in [0.5, 0.6) is 5.75 Å². The molecule has 6 nitrogen and oxygen atoms in total. The number of halogens is 1. The van der Waals surface area contributed by atoms with Crippen LogP contribution in [0.3, 0.4) is 0 Å². The molecule has 0 aromatic heterocycles. The van der Waals surface area contributed by atoms with Gasteiger partial charge < -0.3 is 10.1 Å². The molecule has 0 atom stereocenters. The summed E-state index contributed by atoms with van der Waals surface area (Å²) in [5, 5.41) is 6.73. The molecule has 0 radical (unpaired) electrons. The van der Waals surface area contributed by atoms with E-state index in [4.69, 9.17) is 16.3 Å². The number of benzene rings is 1. The Labute approximate surface area is 128 Å². The maximum atomic E-state index is 11.8. The normalized spacial score (nSPS) is 9.71. The maximum absolute atomic E-state index is 11.8. The lowest BCUT2D eigenvalue weighted by molar-refractivity contribution is -0.136. The maximum Gasteiger partial charge on any atom is 0.329 e. The lowest BCUT2D eigenvalue weighted by Crippen LogP contribution is -2.33. The second-order valence-corrected chi connectivity index (χ2v) is 4.56. The Morgan fingerprint density at radius 3 is 2.48 bits per heavy atom. The van der Waals surface area contributed by atoms with E-state index in [1.807, 2.05) is 13.8 Å². The van der Waals surface area contributed by atoms with E-state index in [0.29, 0.717) is 29.3 Å². The second-order valence-electron chi connectivity index (χ2n) is 4.12. The van der Waals surface area contributed by atoms with Crippen LogP contribution in [0.15, 0.2) is 23.3 Å². The molecule has 21 heavy (non-hydrogen) atoms. The van der Waals surface area contributed by atoms with Crippen molar-refractivity contribution >= 4 is 34.8 Å². The Bertz CT molecular complexity index is 552. The Hall–Kier alpha value is -2.08. The average Bonchev–Trinajstić information content (AvgIpc) is 2.48. The third kappa shape index (κ3) is 5.07. The van der Waals surface area contributed by atoms with Crippen LogP contribution in [-0.4, -0.2) is 24.6 Å². The van der Waals surface area contributed by atoms with E-state index in [-0.39, 0.29) is 0 Å². The zero-order chi connectivity index (χ0) is 15.8. The molecule has 0 aliphatic rings. The van der Waals surface area contributed by atoms with E-state index in [1.54, 1.807) is 12.1 Å². The fourth-order valence-electron chi connectivity index (χ4n) is 1.55. The van der Waals surface area contributed by atoms with Crippen molar-refractivity contribution in [2.75, 3.05) is 12.4 Å². The number of amides is 2. The molecule has 0 saturated heterocycles. The van der Waals surface area contributed by atoms with Crippen molar-refractivity contribution in [2.24, 2.45) is 5.10 Å². The molecule has 1 rings (SSSR count). The Balaban J connectivity index is 2.75. The first-order valence-electron chi connectivity index (χ1n) is 6.52. The van der Waals surface area contributed by atoms with Gasteiger partial charge in [-0.3, -0.25) is 9.59 Å². The molecule has 114 valence electrons. The van der Waals surface area contributed by atoms with Gasteiger partial charge in [-0.05, 0) is 31.0 Å². The Morgan fingerprint density at radius 2 is 1.90 bits per heavy atom. The van der Waals surface area contributed by atoms with Crippen molar-refractivity contribution in [3.63, 3.8) is 0 Å². The third-order valence-corrected chi connectivity index (χ3v) is 2.98. The summed E-state index contributed by atoms with van der Waals surface area (Å²) in [7, 11) is 1.46. The molecule has 0 aliphatic heterocycles. The van der Waals surface area contributed by atoms with Crippen LogP contribution in [0.4, 0.5) is 5.69 Å². The van der Waals surface area contributed by atoms with Gasteiger partial charge in [0.25, 0.3) is 0 Å². The monoisotopic (exact) mass is 311 g/mol. The van der Waals surface area contributed by atoms with Crippen molar-refractivity contribution < 1.29 is 14.3 Å². The predicted octanol–water partition coefficient (Wildman–Crippen LogP) is 2.58. The fraction of sp³-hybridized carbons (Fsp3) is 0.357. The van der Waals surface area contributed by atoms with Crippen LogP contribution in [0.2, 0.25) is 5.02 Å². The Kier molecular flexibility index (Phi) is 6.68. The molecular formula is C14H18ClN3O3. The third-order valence-electron chi connectivity index (χ3n) is 2.75. The number of hydrogen-bond donors (Lipinski definition) is 2. The average molecular weight is 312 g/mol. The largest absolute Gasteiger partial charge is 0.495 e. The predicted molar refractivity (Wildman–Crippen MR) is 82.8 cm³/mol. The quantitative estimate of drug-likeness (QED) is 0.498. The number of hydrogen-bond acceptors (Lipinski definition) is 4. The number of methoxy groups -OCH3 is 1. The molecule has 0 fully saturated rings. The topological polar surface area (TPSA) is 79.8 Å². The highest BCUT2D eigenvalue weighted by Crippen LogP contribution is 2.27. The summed E-state index contributed by atoms with van der Waals surface area (Å²) >= 11 is 5.85. The zero-order valence-electron chi connectivity index (χ0n) is 12.2. The number of carbonyl (C=O) groups is 2. The first-order valence-corrected chi connectivity index (χ1v) is 6.89. The van der Waals surface area contributed by atoms with Crippen molar-refractivity contribution in [2.45, 2.75) is 26.7 Å². The summed E-state index contributed by atoms with van der Waals surface area (Å²) < 4.78 is 5.08. The number of rotatable bonds is 5. The molecule has 2 N–H and O–H groups in total. The van der Waals surface area contributed by atoms with Gasteiger partial charge in [0, 0.05) is 10.7 Å². The molecular weight excluding hydrogens is 294 g/mol. The van der Waals surface area contributed by atoms with Gasteiger partial charge in [-0.1, -0.05) is 25.4 Å². The zero-order valence-corrected chi connectivity index (χ0v) is 13.0. The molecule has 2 amide bonds. The number of nitrogens with one attached hydrogen (secondary N) is 2. The standard InChI is InChI=1S/C14H18ClN3O3/c1-4-10(5-2)17-18-14(20)13(19)16-11-8-9(15)6-7-12(11)21-3/h6-8H,4-5H2,1-3H3,(H,16,19)(H,18,20). The SMILES string of the molecule is CCC(CC)=NNC(=O)C(=O)Nc1cc(Cl)ccc1OC. The first kappa shape index (κ1) is 17.0. The van der Waals surface area contributed by atoms with E-state index in [2.05, 4.69) is 15.8 Å².